The van der Waals surface area contributed by atoms with E-state index in [1.807, 2.05) is 29.1 Å². The zero-order valence-electron chi connectivity index (χ0n) is 10.7. The Balaban J connectivity index is 2.08. The first kappa shape index (κ1) is 11.4. The zero-order chi connectivity index (χ0) is 13.7. The molecule has 0 radical (unpaired) electrons. The maximum atomic E-state index is 5.88. The standard InChI is InChI=1S/C14H11N5S/c1-8-6-20-13-12(8)16-7-17-14(13)19-11-4-10(15)3-2-9(11)5-18-19/h2-7H,15H2,1H3. The summed E-state index contributed by atoms with van der Waals surface area (Å²) in [7, 11) is 0. The third-order valence-electron chi connectivity index (χ3n) is 3.31. The molecule has 20 heavy (non-hydrogen) atoms. The Hall–Kier alpha value is -2.47. The van der Waals surface area contributed by atoms with Crippen LogP contribution in [0.2, 0.25) is 0 Å². The first-order chi connectivity index (χ1) is 9.74. The van der Waals surface area contributed by atoms with E-state index in [2.05, 4.69) is 27.4 Å². The van der Waals surface area contributed by atoms with E-state index in [1.54, 1.807) is 17.7 Å². The topological polar surface area (TPSA) is 69.6 Å². The largest absolute Gasteiger partial charge is 0.399 e. The normalized spacial score (nSPS) is 11.4. The van der Waals surface area contributed by atoms with Crippen LogP contribution >= 0.6 is 11.3 Å². The molecule has 0 saturated heterocycles. The molecule has 0 aliphatic carbocycles. The molecule has 6 heteroatoms. The number of benzene rings is 1. The smallest absolute Gasteiger partial charge is 0.175 e. The molecule has 0 aliphatic rings. The van der Waals surface area contributed by atoms with Crippen molar-refractivity contribution in [3.8, 4) is 5.82 Å². The van der Waals surface area contributed by atoms with Crippen LogP contribution in [-0.2, 0) is 0 Å². The summed E-state index contributed by atoms with van der Waals surface area (Å²) in [5.74, 6) is 0.800. The lowest BCUT2D eigenvalue weighted by Gasteiger charge is -2.04. The highest BCUT2D eigenvalue weighted by Crippen LogP contribution is 2.29. The van der Waals surface area contributed by atoms with Crippen molar-refractivity contribution in [1.82, 2.24) is 19.7 Å². The quantitative estimate of drug-likeness (QED) is 0.545. The van der Waals surface area contributed by atoms with Gasteiger partial charge in [-0.2, -0.15) is 5.10 Å². The highest BCUT2D eigenvalue weighted by molar-refractivity contribution is 7.17. The van der Waals surface area contributed by atoms with Crippen LogP contribution in [0, 0.1) is 6.92 Å². The molecular formula is C14H11N5S. The molecule has 98 valence electrons. The van der Waals surface area contributed by atoms with Crippen LogP contribution in [-0.4, -0.2) is 19.7 Å². The maximum absolute atomic E-state index is 5.88. The van der Waals surface area contributed by atoms with E-state index in [4.69, 9.17) is 5.73 Å². The Kier molecular flexibility index (Phi) is 2.28. The number of nitrogen functional groups attached to an aromatic ring is 1. The van der Waals surface area contributed by atoms with Gasteiger partial charge in [0, 0.05) is 11.1 Å². The minimum Gasteiger partial charge on any atom is -0.399 e. The van der Waals surface area contributed by atoms with Gasteiger partial charge in [-0.05, 0) is 36.1 Å². The second kappa shape index (κ2) is 4.01. The van der Waals surface area contributed by atoms with Gasteiger partial charge in [0.1, 0.15) is 6.33 Å². The second-order valence-electron chi connectivity index (χ2n) is 4.67. The van der Waals surface area contributed by atoms with Crippen LogP contribution in [0.25, 0.3) is 26.9 Å². The van der Waals surface area contributed by atoms with Gasteiger partial charge in [0.25, 0.3) is 0 Å². The van der Waals surface area contributed by atoms with Crippen LogP contribution in [0.15, 0.2) is 36.1 Å². The van der Waals surface area contributed by atoms with Gasteiger partial charge in [0.15, 0.2) is 5.82 Å². The maximum Gasteiger partial charge on any atom is 0.175 e. The molecule has 0 fully saturated rings. The van der Waals surface area contributed by atoms with Gasteiger partial charge >= 0.3 is 0 Å². The molecule has 0 amide bonds. The second-order valence-corrected chi connectivity index (χ2v) is 5.55. The molecule has 1 aromatic carbocycles. The van der Waals surface area contributed by atoms with Gasteiger partial charge in [-0.15, -0.1) is 11.3 Å². The molecule has 2 N–H and O–H groups in total. The SMILES string of the molecule is Cc1csc2c(-n3ncc4ccc(N)cc43)ncnc12. The predicted molar refractivity (Wildman–Crippen MR) is 81.2 cm³/mol. The fourth-order valence-corrected chi connectivity index (χ4v) is 3.29. The van der Waals surface area contributed by atoms with Crippen molar-refractivity contribution in [2.24, 2.45) is 0 Å². The number of hydrogen-bond acceptors (Lipinski definition) is 5. The summed E-state index contributed by atoms with van der Waals surface area (Å²) < 4.78 is 2.86. The Labute approximate surface area is 118 Å². The van der Waals surface area contributed by atoms with Gasteiger partial charge < -0.3 is 5.73 Å². The van der Waals surface area contributed by atoms with E-state index < -0.39 is 0 Å². The van der Waals surface area contributed by atoms with E-state index in [0.29, 0.717) is 5.69 Å². The van der Waals surface area contributed by atoms with E-state index in [0.717, 1.165) is 32.5 Å². The average Bonchev–Trinajstić information content (AvgIpc) is 3.03. The molecular weight excluding hydrogens is 270 g/mol. The summed E-state index contributed by atoms with van der Waals surface area (Å²) in [6.07, 6.45) is 3.40. The summed E-state index contributed by atoms with van der Waals surface area (Å²) in [6, 6.07) is 5.75. The number of fused-ring (bicyclic) bond motifs is 2. The number of rotatable bonds is 1. The molecule has 3 aromatic heterocycles. The number of aromatic nitrogens is 4. The fourth-order valence-electron chi connectivity index (χ4n) is 2.31. The monoisotopic (exact) mass is 281 g/mol. The van der Waals surface area contributed by atoms with Crippen LogP contribution in [0.1, 0.15) is 5.56 Å². The number of aryl methyl sites for hydroxylation is 1. The minimum atomic E-state index is 0.715. The first-order valence-corrected chi connectivity index (χ1v) is 7.04. The zero-order valence-corrected chi connectivity index (χ0v) is 11.6. The van der Waals surface area contributed by atoms with Crippen molar-refractivity contribution in [3.63, 3.8) is 0 Å². The molecule has 4 aromatic rings. The van der Waals surface area contributed by atoms with Gasteiger partial charge in [-0.25, -0.2) is 14.6 Å². The average molecular weight is 281 g/mol. The molecule has 4 rings (SSSR count). The first-order valence-electron chi connectivity index (χ1n) is 6.16. The number of hydrogen-bond donors (Lipinski definition) is 1. The molecule has 0 atom stereocenters. The summed E-state index contributed by atoms with van der Waals surface area (Å²) in [5.41, 5.74) is 9.68. The van der Waals surface area contributed by atoms with Crippen LogP contribution in [0.5, 0.6) is 0 Å². The summed E-state index contributed by atoms with van der Waals surface area (Å²) in [5, 5.41) is 7.57. The molecule has 0 unspecified atom stereocenters. The van der Waals surface area contributed by atoms with Crippen molar-refractivity contribution in [3.05, 3.63) is 41.7 Å². The Bertz CT molecular complexity index is 937. The van der Waals surface area contributed by atoms with Crippen LogP contribution in [0.4, 0.5) is 5.69 Å². The van der Waals surface area contributed by atoms with Gasteiger partial charge in [-0.3, -0.25) is 0 Å². The van der Waals surface area contributed by atoms with Crippen molar-refractivity contribution in [1.29, 1.82) is 0 Å². The molecule has 5 nitrogen and oxygen atoms in total. The third kappa shape index (κ3) is 1.51. The van der Waals surface area contributed by atoms with Crippen molar-refractivity contribution in [2.75, 3.05) is 5.73 Å². The molecule has 3 heterocycles. The Morgan fingerprint density at radius 3 is 3.05 bits per heavy atom. The van der Waals surface area contributed by atoms with Crippen LogP contribution in [0.3, 0.4) is 0 Å². The molecule has 0 aliphatic heterocycles. The molecule has 0 saturated carbocycles. The number of nitrogens with zero attached hydrogens (tertiary/aromatic N) is 4. The van der Waals surface area contributed by atoms with Gasteiger partial charge in [0.05, 0.1) is 21.9 Å². The van der Waals surface area contributed by atoms with Gasteiger partial charge in [0.2, 0.25) is 0 Å². The Morgan fingerprint density at radius 1 is 1.25 bits per heavy atom. The highest BCUT2D eigenvalue weighted by atomic mass is 32.1. The van der Waals surface area contributed by atoms with E-state index in [9.17, 15) is 0 Å². The Morgan fingerprint density at radius 2 is 2.15 bits per heavy atom. The molecule has 0 spiro atoms. The van der Waals surface area contributed by atoms with E-state index in [-0.39, 0.29) is 0 Å². The summed E-state index contributed by atoms with van der Waals surface area (Å²) in [6.45, 7) is 2.05. The van der Waals surface area contributed by atoms with Crippen molar-refractivity contribution in [2.45, 2.75) is 6.92 Å². The van der Waals surface area contributed by atoms with Crippen LogP contribution < -0.4 is 5.73 Å². The van der Waals surface area contributed by atoms with E-state index in [1.165, 1.54) is 0 Å². The number of anilines is 1. The lowest BCUT2D eigenvalue weighted by Crippen LogP contribution is -2.00. The lowest BCUT2D eigenvalue weighted by atomic mass is 10.2. The minimum absolute atomic E-state index is 0.715. The third-order valence-corrected chi connectivity index (χ3v) is 4.39. The van der Waals surface area contributed by atoms with E-state index >= 15 is 0 Å². The highest BCUT2D eigenvalue weighted by Gasteiger charge is 2.13. The summed E-state index contributed by atoms with van der Waals surface area (Å²) >= 11 is 1.63. The van der Waals surface area contributed by atoms with Crippen molar-refractivity contribution < 1.29 is 0 Å². The number of nitrogens with two attached hydrogens (primary N) is 1. The predicted octanol–water partition coefficient (Wildman–Crippen LogP) is 2.92. The number of thiophene rings is 1. The van der Waals surface area contributed by atoms with Crippen molar-refractivity contribution >= 4 is 38.1 Å². The fraction of sp³-hybridized carbons (Fsp3) is 0.0714. The lowest BCUT2D eigenvalue weighted by molar-refractivity contribution is 0.880. The molecule has 0 bridgehead atoms. The van der Waals surface area contributed by atoms with Gasteiger partial charge in [-0.1, -0.05) is 0 Å². The summed E-state index contributed by atoms with van der Waals surface area (Å²) in [4.78, 5) is 8.74.